The minimum absolute atomic E-state index is 0.0259. The first-order valence-corrected chi connectivity index (χ1v) is 9.51. The number of hydrogen-bond acceptors (Lipinski definition) is 3. The molecule has 0 atom stereocenters. The SMILES string of the molecule is CC.CC.O=C(O)c1ccc2c(c1)C(=O)N(CCC1CCNCC1)C2. The van der Waals surface area contributed by atoms with E-state index in [2.05, 4.69) is 5.32 Å². The van der Waals surface area contributed by atoms with Crippen LogP contribution in [0.25, 0.3) is 0 Å². The summed E-state index contributed by atoms with van der Waals surface area (Å²) < 4.78 is 0. The summed E-state index contributed by atoms with van der Waals surface area (Å²) in [6.07, 6.45) is 3.39. The van der Waals surface area contributed by atoms with E-state index in [1.807, 2.05) is 32.6 Å². The van der Waals surface area contributed by atoms with Crippen LogP contribution in [0.4, 0.5) is 0 Å². The third kappa shape index (κ3) is 5.56. The predicted octanol–water partition coefficient (Wildman–Crippen LogP) is 3.78. The number of fused-ring (bicyclic) bond motifs is 1. The van der Waals surface area contributed by atoms with Crippen molar-refractivity contribution in [3.8, 4) is 0 Å². The van der Waals surface area contributed by atoms with Gasteiger partial charge in [-0.15, -0.1) is 0 Å². The molecule has 1 amide bonds. The molecule has 2 N–H and O–H groups in total. The molecule has 25 heavy (non-hydrogen) atoms. The van der Waals surface area contributed by atoms with Gasteiger partial charge in [-0.2, -0.15) is 0 Å². The highest BCUT2D eigenvalue weighted by atomic mass is 16.4. The lowest BCUT2D eigenvalue weighted by Gasteiger charge is -2.25. The quantitative estimate of drug-likeness (QED) is 0.869. The Hall–Kier alpha value is -1.88. The Bertz CT molecular complexity index is 566. The van der Waals surface area contributed by atoms with Crippen molar-refractivity contribution in [1.29, 1.82) is 0 Å². The molecule has 3 rings (SSSR count). The number of hydrogen-bond donors (Lipinski definition) is 2. The summed E-state index contributed by atoms with van der Waals surface area (Å²) in [6.45, 7) is 11.5. The van der Waals surface area contributed by atoms with Crippen LogP contribution in [0.15, 0.2) is 18.2 Å². The van der Waals surface area contributed by atoms with Crippen LogP contribution in [-0.2, 0) is 6.54 Å². The smallest absolute Gasteiger partial charge is 0.335 e. The van der Waals surface area contributed by atoms with Gasteiger partial charge in [0.1, 0.15) is 0 Å². The molecule has 1 saturated heterocycles. The fraction of sp³-hybridized carbons (Fsp3) is 0.600. The first kappa shape index (κ1) is 21.2. The number of aromatic carboxylic acids is 1. The van der Waals surface area contributed by atoms with E-state index < -0.39 is 5.97 Å². The molecule has 1 aromatic rings. The van der Waals surface area contributed by atoms with E-state index in [9.17, 15) is 9.59 Å². The zero-order chi connectivity index (χ0) is 18.8. The molecule has 0 radical (unpaired) electrons. The van der Waals surface area contributed by atoms with E-state index in [4.69, 9.17) is 5.11 Å². The van der Waals surface area contributed by atoms with E-state index in [1.54, 1.807) is 12.1 Å². The molecule has 0 unspecified atom stereocenters. The Morgan fingerprint density at radius 1 is 1.20 bits per heavy atom. The third-order valence-electron chi connectivity index (χ3n) is 4.50. The molecule has 0 spiro atoms. The van der Waals surface area contributed by atoms with Gasteiger partial charge in [-0.25, -0.2) is 4.79 Å². The molecular weight excluding hydrogens is 316 g/mol. The van der Waals surface area contributed by atoms with Gasteiger partial charge in [0.15, 0.2) is 0 Å². The molecule has 5 heteroatoms. The van der Waals surface area contributed by atoms with Gasteiger partial charge >= 0.3 is 5.97 Å². The van der Waals surface area contributed by atoms with Gasteiger partial charge < -0.3 is 15.3 Å². The van der Waals surface area contributed by atoms with E-state index in [0.717, 1.165) is 31.6 Å². The summed E-state index contributed by atoms with van der Waals surface area (Å²) >= 11 is 0. The number of carboxylic acid groups (broad SMARTS) is 1. The zero-order valence-electron chi connectivity index (χ0n) is 16.0. The standard InChI is InChI=1S/C16H20N2O3.2C2H6/c19-15-14-9-12(16(20)21)1-2-13(14)10-18(15)8-5-11-3-6-17-7-4-11;2*1-2/h1-2,9,11,17H,3-8,10H2,(H,20,21);2*1-2H3. The fourth-order valence-corrected chi connectivity index (χ4v) is 3.18. The second-order valence-corrected chi connectivity index (χ2v) is 5.89. The highest BCUT2D eigenvalue weighted by Gasteiger charge is 2.28. The molecule has 5 nitrogen and oxygen atoms in total. The molecule has 2 aliphatic rings. The molecule has 0 saturated carbocycles. The molecule has 140 valence electrons. The van der Waals surface area contributed by atoms with Gasteiger partial charge in [0.05, 0.1) is 5.56 Å². The summed E-state index contributed by atoms with van der Waals surface area (Å²) in [6, 6.07) is 4.84. The molecule has 2 aliphatic heterocycles. The van der Waals surface area contributed by atoms with Gasteiger partial charge in [0, 0.05) is 18.7 Å². The molecule has 0 aromatic heterocycles. The maximum atomic E-state index is 12.4. The maximum absolute atomic E-state index is 12.4. The number of amides is 1. The van der Waals surface area contributed by atoms with Crippen LogP contribution in [0.1, 0.15) is 73.2 Å². The number of nitrogens with one attached hydrogen (secondary N) is 1. The van der Waals surface area contributed by atoms with E-state index in [0.29, 0.717) is 18.0 Å². The fourth-order valence-electron chi connectivity index (χ4n) is 3.18. The summed E-state index contributed by atoms with van der Waals surface area (Å²) in [7, 11) is 0. The topological polar surface area (TPSA) is 69.6 Å². The van der Waals surface area contributed by atoms with Crippen molar-refractivity contribution in [2.45, 2.75) is 53.5 Å². The number of nitrogens with zero attached hydrogens (tertiary/aromatic N) is 1. The van der Waals surface area contributed by atoms with E-state index in [1.165, 1.54) is 18.9 Å². The Morgan fingerprint density at radius 3 is 2.44 bits per heavy atom. The summed E-state index contributed by atoms with van der Waals surface area (Å²) in [4.78, 5) is 25.2. The number of benzene rings is 1. The summed E-state index contributed by atoms with van der Waals surface area (Å²) in [5.41, 5.74) is 1.68. The van der Waals surface area contributed by atoms with Gasteiger partial charge in [0.2, 0.25) is 0 Å². The Morgan fingerprint density at radius 2 is 1.84 bits per heavy atom. The molecule has 1 aromatic carbocycles. The molecule has 0 bridgehead atoms. The summed E-state index contributed by atoms with van der Waals surface area (Å²) in [5.74, 6) is -0.321. The van der Waals surface area contributed by atoms with Crippen LogP contribution in [-0.4, -0.2) is 41.5 Å². The predicted molar refractivity (Wildman–Crippen MR) is 101 cm³/mol. The Balaban J connectivity index is 0.000000730. The highest BCUT2D eigenvalue weighted by molar-refractivity contribution is 6.00. The van der Waals surface area contributed by atoms with Crippen molar-refractivity contribution < 1.29 is 14.7 Å². The lowest BCUT2D eigenvalue weighted by molar-refractivity contribution is 0.0697. The number of carbonyl (C=O) groups is 2. The first-order chi connectivity index (χ1) is 12.1. The van der Waals surface area contributed by atoms with Crippen molar-refractivity contribution in [3.63, 3.8) is 0 Å². The summed E-state index contributed by atoms with van der Waals surface area (Å²) in [5, 5.41) is 12.4. The minimum atomic E-state index is -0.987. The van der Waals surface area contributed by atoms with Gasteiger partial charge in [0.25, 0.3) is 5.91 Å². The second-order valence-electron chi connectivity index (χ2n) is 5.89. The van der Waals surface area contributed by atoms with Crippen molar-refractivity contribution in [1.82, 2.24) is 10.2 Å². The van der Waals surface area contributed by atoms with Crippen LogP contribution in [0.2, 0.25) is 0 Å². The van der Waals surface area contributed by atoms with Crippen LogP contribution in [0.5, 0.6) is 0 Å². The molecule has 0 aliphatic carbocycles. The van der Waals surface area contributed by atoms with Gasteiger partial charge in [-0.05, 0) is 56.0 Å². The second kappa shape index (κ2) is 10.9. The lowest BCUT2D eigenvalue weighted by atomic mass is 9.94. The average Bonchev–Trinajstić information content (AvgIpc) is 2.99. The first-order valence-electron chi connectivity index (χ1n) is 9.51. The average molecular weight is 348 g/mol. The number of rotatable bonds is 4. The Labute approximate surface area is 151 Å². The highest BCUT2D eigenvalue weighted by Crippen LogP contribution is 2.25. The van der Waals surface area contributed by atoms with Crippen LogP contribution < -0.4 is 5.32 Å². The zero-order valence-corrected chi connectivity index (χ0v) is 16.0. The van der Waals surface area contributed by atoms with Crippen LogP contribution in [0.3, 0.4) is 0 Å². The molecular formula is C20H32N2O3. The minimum Gasteiger partial charge on any atom is -0.478 e. The van der Waals surface area contributed by atoms with Crippen LogP contribution >= 0.6 is 0 Å². The maximum Gasteiger partial charge on any atom is 0.335 e. The number of piperidine rings is 1. The largest absolute Gasteiger partial charge is 0.478 e. The monoisotopic (exact) mass is 348 g/mol. The lowest BCUT2D eigenvalue weighted by Crippen LogP contribution is -2.31. The van der Waals surface area contributed by atoms with Crippen LogP contribution in [0, 0.1) is 5.92 Å². The number of carboxylic acids is 1. The molecule has 1 fully saturated rings. The van der Waals surface area contributed by atoms with E-state index in [-0.39, 0.29) is 11.5 Å². The van der Waals surface area contributed by atoms with E-state index >= 15 is 0 Å². The van der Waals surface area contributed by atoms with Crippen molar-refractivity contribution in [3.05, 3.63) is 34.9 Å². The Kier molecular flexibility index (Phi) is 9.21. The van der Waals surface area contributed by atoms with Gasteiger partial charge in [-0.1, -0.05) is 33.8 Å². The normalized spacial score (nSPS) is 16.3. The van der Waals surface area contributed by atoms with Crippen molar-refractivity contribution in [2.24, 2.45) is 5.92 Å². The van der Waals surface area contributed by atoms with Crippen molar-refractivity contribution >= 4 is 11.9 Å². The van der Waals surface area contributed by atoms with Gasteiger partial charge in [-0.3, -0.25) is 4.79 Å². The number of carbonyl (C=O) groups excluding carboxylic acids is 1. The van der Waals surface area contributed by atoms with Crippen molar-refractivity contribution in [2.75, 3.05) is 19.6 Å². The molecule has 2 heterocycles. The third-order valence-corrected chi connectivity index (χ3v) is 4.50.